The highest BCUT2D eigenvalue weighted by atomic mass is 32.2. The maximum atomic E-state index is 13.1. The van der Waals surface area contributed by atoms with Gasteiger partial charge in [0.1, 0.15) is 22.9 Å². The number of nitrogens with one attached hydrogen (secondary N) is 1. The van der Waals surface area contributed by atoms with Crippen LogP contribution in [-0.4, -0.2) is 43.2 Å². The highest BCUT2D eigenvalue weighted by Crippen LogP contribution is 2.23. The summed E-state index contributed by atoms with van der Waals surface area (Å²) >= 11 is 1.26. The first-order valence-electron chi connectivity index (χ1n) is 9.56. The molecule has 31 heavy (non-hydrogen) atoms. The summed E-state index contributed by atoms with van der Waals surface area (Å²) in [6.45, 7) is 2.90. The minimum Gasteiger partial charge on any atom is -0.494 e. The molecule has 0 aliphatic rings. The van der Waals surface area contributed by atoms with E-state index in [4.69, 9.17) is 4.74 Å². The van der Waals surface area contributed by atoms with E-state index in [-0.39, 0.29) is 17.5 Å². The third-order valence-electron chi connectivity index (χ3n) is 4.30. The van der Waals surface area contributed by atoms with Crippen molar-refractivity contribution in [3.8, 4) is 5.75 Å². The van der Waals surface area contributed by atoms with E-state index in [0.29, 0.717) is 35.0 Å². The number of aromatic nitrogens is 5. The molecule has 1 N–H and O–H groups in total. The maximum absolute atomic E-state index is 13.1. The minimum atomic E-state index is -0.295. The van der Waals surface area contributed by atoms with E-state index in [0.717, 1.165) is 11.3 Å². The number of benzene rings is 2. The molecule has 0 atom stereocenters. The van der Waals surface area contributed by atoms with Crippen LogP contribution in [0.15, 0.2) is 59.9 Å². The van der Waals surface area contributed by atoms with Crippen molar-refractivity contribution in [2.45, 2.75) is 18.5 Å². The van der Waals surface area contributed by atoms with E-state index in [2.05, 4.69) is 25.6 Å². The molecule has 0 fully saturated rings. The molecule has 0 saturated carbocycles. The normalized spacial score (nSPS) is 10.9. The van der Waals surface area contributed by atoms with E-state index < -0.39 is 0 Å². The number of thioether (sulfide) groups is 1. The van der Waals surface area contributed by atoms with Gasteiger partial charge < -0.3 is 10.1 Å². The van der Waals surface area contributed by atoms with Gasteiger partial charge in [0.05, 0.1) is 18.9 Å². The topological polar surface area (TPSA) is 94.8 Å². The molecule has 0 spiro atoms. The van der Waals surface area contributed by atoms with Gasteiger partial charge in [-0.3, -0.25) is 4.79 Å². The van der Waals surface area contributed by atoms with Gasteiger partial charge in [0.2, 0.25) is 5.91 Å². The van der Waals surface area contributed by atoms with Crippen molar-refractivity contribution >= 4 is 34.5 Å². The lowest BCUT2D eigenvalue weighted by molar-refractivity contribution is -0.113. The SMILES string of the molecule is CCOc1ccc(NC(=O)CSc2ncnc3c2nnn3Cc2ccc(F)cc2)cc1. The van der Waals surface area contributed by atoms with Crippen LogP contribution in [0.4, 0.5) is 10.1 Å². The molecule has 2 aromatic carbocycles. The maximum Gasteiger partial charge on any atom is 0.234 e. The van der Waals surface area contributed by atoms with Crippen LogP contribution in [0.3, 0.4) is 0 Å². The largest absolute Gasteiger partial charge is 0.494 e. The Morgan fingerprint density at radius 3 is 2.65 bits per heavy atom. The number of hydrogen-bond donors (Lipinski definition) is 1. The lowest BCUT2D eigenvalue weighted by Crippen LogP contribution is -2.14. The smallest absolute Gasteiger partial charge is 0.234 e. The summed E-state index contributed by atoms with van der Waals surface area (Å²) in [7, 11) is 0. The fraction of sp³-hybridized carbons (Fsp3) is 0.190. The van der Waals surface area contributed by atoms with Crippen molar-refractivity contribution in [2.75, 3.05) is 17.7 Å². The van der Waals surface area contributed by atoms with Crippen LogP contribution in [0.2, 0.25) is 0 Å². The van der Waals surface area contributed by atoms with Crippen molar-refractivity contribution < 1.29 is 13.9 Å². The van der Waals surface area contributed by atoms with Crippen molar-refractivity contribution in [3.05, 3.63) is 66.2 Å². The van der Waals surface area contributed by atoms with Crippen molar-refractivity contribution in [3.63, 3.8) is 0 Å². The number of amides is 1. The van der Waals surface area contributed by atoms with Crippen LogP contribution in [0.25, 0.3) is 11.2 Å². The van der Waals surface area contributed by atoms with Crippen LogP contribution in [-0.2, 0) is 11.3 Å². The fourth-order valence-corrected chi connectivity index (χ4v) is 3.61. The van der Waals surface area contributed by atoms with E-state index >= 15 is 0 Å². The van der Waals surface area contributed by atoms with Crippen LogP contribution in [0.5, 0.6) is 5.75 Å². The zero-order valence-electron chi connectivity index (χ0n) is 16.7. The lowest BCUT2D eigenvalue weighted by Gasteiger charge is -2.07. The quantitative estimate of drug-likeness (QED) is 0.332. The van der Waals surface area contributed by atoms with Crippen molar-refractivity contribution in [2.24, 2.45) is 0 Å². The van der Waals surface area contributed by atoms with E-state index in [1.165, 1.54) is 30.2 Å². The summed E-state index contributed by atoms with van der Waals surface area (Å²) < 4.78 is 20.1. The fourth-order valence-electron chi connectivity index (χ4n) is 2.88. The molecule has 0 unspecified atom stereocenters. The molecule has 2 heterocycles. The summed E-state index contributed by atoms with van der Waals surface area (Å²) in [5, 5.41) is 11.7. The van der Waals surface area contributed by atoms with Gasteiger partial charge in [-0.2, -0.15) is 0 Å². The highest BCUT2D eigenvalue weighted by Gasteiger charge is 2.14. The number of nitrogens with zero attached hydrogens (tertiary/aromatic N) is 5. The number of anilines is 1. The van der Waals surface area contributed by atoms with Crippen LogP contribution in [0.1, 0.15) is 12.5 Å². The number of fused-ring (bicyclic) bond motifs is 1. The van der Waals surface area contributed by atoms with Gasteiger partial charge in [-0.1, -0.05) is 29.1 Å². The van der Waals surface area contributed by atoms with Gasteiger partial charge in [0, 0.05) is 5.69 Å². The van der Waals surface area contributed by atoms with E-state index in [1.807, 2.05) is 6.92 Å². The average Bonchev–Trinajstić information content (AvgIpc) is 3.19. The number of halogens is 1. The molecule has 0 aliphatic carbocycles. The summed E-state index contributed by atoms with van der Waals surface area (Å²) in [4.78, 5) is 20.8. The third-order valence-corrected chi connectivity index (χ3v) is 5.28. The number of ether oxygens (including phenoxy) is 1. The van der Waals surface area contributed by atoms with E-state index in [9.17, 15) is 9.18 Å². The molecule has 4 rings (SSSR count). The Morgan fingerprint density at radius 1 is 1.13 bits per heavy atom. The van der Waals surface area contributed by atoms with Crippen molar-refractivity contribution in [1.29, 1.82) is 0 Å². The predicted molar refractivity (Wildman–Crippen MR) is 116 cm³/mol. The number of hydrogen-bond acceptors (Lipinski definition) is 7. The monoisotopic (exact) mass is 438 g/mol. The first-order valence-corrected chi connectivity index (χ1v) is 10.5. The Kier molecular flexibility index (Phi) is 6.37. The average molecular weight is 438 g/mol. The Morgan fingerprint density at radius 2 is 1.90 bits per heavy atom. The molecular formula is C21H19FN6O2S. The number of carbonyl (C=O) groups is 1. The number of carbonyl (C=O) groups excluding carboxylic acids is 1. The molecule has 1 amide bonds. The molecule has 158 valence electrons. The first kappa shape index (κ1) is 20.7. The Bertz CT molecular complexity index is 1180. The van der Waals surface area contributed by atoms with Gasteiger partial charge in [0.25, 0.3) is 0 Å². The third kappa shape index (κ3) is 5.15. The second-order valence-electron chi connectivity index (χ2n) is 6.52. The molecule has 0 bridgehead atoms. The first-order chi connectivity index (χ1) is 15.1. The molecule has 0 saturated heterocycles. The summed E-state index contributed by atoms with van der Waals surface area (Å²) in [6, 6.07) is 13.4. The van der Waals surface area contributed by atoms with Crippen LogP contribution >= 0.6 is 11.8 Å². The highest BCUT2D eigenvalue weighted by molar-refractivity contribution is 8.00. The Hall–Kier alpha value is -3.53. The van der Waals surface area contributed by atoms with Crippen LogP contribution in [0, 0.1) is 5.82 Å². The second-order valence-corrected chi connectivity index (χ2v) is 7.48. The molecule has 4 aromatic rings. The molecule has 8 nitrogen and oxygen atoms in total. The standard InChI is InChI=1S/C21H19FN6O2S/c1-2-30-17-9-7-16(8-10-17)25-18(29)12-31-21-19-20(23-13-24-21)28(27-26-19)11-14-3-5-15(22)6-4-14/h3-10,13H,2,11-12H2,1H3,(H,25,29). The number of rotatable bonds is 8. The van der Waals surface area contributed by atoms with Crippen LogP contribution < -0.4 is 10.1 Å². The molecule has 0 aliphatic heterocycles. The Labute approximate surface area is 181 Å². The molecular weight excluding hydrogens is 419 g/mol. The molecule has 0 radical (unpaired) electrons. The van der Waals surface area contributed by atoms with Gasteiger partial charge in [-0.25, -0.2) is 19.0 Å². The van der Waals surface area contributed by atoms with E-state index in [1.54, 1.807) is 41.1 Å². The van der Waals surface area contributed by atoms with Crippen molar-refractivity contribution in [1.82, 2.24) is 25.0 Å². The minimum absolute atomic E-state index is 0.157. The lowest BCUT2D eigenvalue weighted by atomic mass is 10.2. The zero-order chi connectivity index (χ0) is 21.6. The Balaban J connectivity index is 1.41. The van der Waals surface area contributed by atoms with Gasteiger partial charge in [0.15, 0.2) is 11.2 Å². The predicted octanol–water partition coefficient (Wildman–Crippen LogP) is 3.54. The van der Waals surface area contributed by atoms with Gasteiger partial charge >= 0.3 is 0 Å². The molecule has 2 aromatic heterocycles. The molecule has 10 heteroatoms. The second kappa shape index (κ2) is 9.52. The zero-order valence-corrected chi connectivity index (χ0v) is 17.5. The summed E-state index contributed by atoms with van der Waals surface area (Å²) in [5.74, 6) is 0.447. The van der Waals surface area contributed by atoms with Gasteiger partial charge in [-0.15, -0.1) is 5.10 Å². The summed E-state index contributed by atoms with van der Waals surface area (Å²) in [6.07, 6.45) is 1.42. The van der Waals surface area contributed by atoms with Gasteiger partial charge in [-0.05, 0) is 48.9 Å². The summed E-state index contributed by atoms with van der Waals surface area (Å²) in [5.41, 5.74) is 2.63.